The molecule has 0 atom stereocenters. The molecule has 0 saturated carbocycles. The first kappa shape index (κ1) is 16.9. The van der Waals surface area contributed by atoms with Crippen LogP contribution >= 0.6 is 0 Å². The van der Waals surface area contributed by atoms with Crippen molar-refractivity contribution in [2.24, 2.45) is 0 Å². The van der Waals surface area contributed by atoms with Gasteiger partial charge in [0.1, 0.15) is 19.6 Å². The highest BCUT2D eigenvalue weighted by Gasteiger charge is 2.10. The number of rotatable bonds is 3. The Morgan fingerprint density at radius 1 is 1.00 bits per heavy atom. The van der Waals surface area contributed by atoms with Gasteiger partial charge in [-0.2, -0.15) is 0 Å². The van der Waals surface area contributed by atoms with Crippen LogP contribution in [-0.2, 0) is 0 Å². The Bertz CT molecular complexity index is 747. The second kappa shape index (κ2) is 7.17. The van der Waals surface area contributed by atoms with Crippen LogP contribution in [0.5, 0.6) is 11.5 Å². The summed E-state index contributed by atoms with van der Waals surface area (Å²) in [6, 6.07) is 14.1. The molecule has 0 aliphatic rings. The third kappa shape index (κ3) is 5.31. The van der Waals surface area contributed by atoms with E-state index in [0.717, 1.165) is 5.56 Å². The van der Waals surface area contributed by atoms with E-state index >= 15 is 0 Å². The molecular formula is C19H20O3Si. The summed E-state index contributed by atoms with van der Waals surface area (Å²) in [6.07, 6.45) is 0. The monoisotopic (exact) mass is 324 g/mol. The molecule has 0 fully saturated rings. The maximum atomic E-state index is 12.1. The van der Waals surface area contributed by atoms with Crippen LogP contribution in [0.3, 0.4) is 0 Å². The average Bonchev–Trinajstić information content (AvgIpc) is 2.53. The van der Waals surface area contributed by atoms with E-state index in [4.69, 9.17) is 9.47 Å². The molecule has 118 valence electrons. The number of carbonyl (C=O) groups is 1. The molecule has 23 heavy (non-hydrogen) atoms. The van der Waals surface area contributed by atoms with E-state index in [1.807, 2.05) is 12.1 Å². The van der Waals surface area contributed by atoms with Crippen LogP contribution in [0.1, 0.15) is 15.9 Å². The lowest BCUT2D eigenvalue weighted by atomic mass is 10.2. The van der Waals surface area contributed by atoms with Crippen molar-refractivity contribution >= 4 is 14.0 Å². The van der Waals surface area contributed by atoms with Gasteiger partial charge in [0.2, 0.25) is 0 Å². The predicted molar refractivity (Wildman–Crippen MR) is 94.6 cm³/mol. The third-order valence-corrected chi connectivity index (χ3v) is 3.83. The first-order chi connectivity index (χ1) is 10.9. The molecule has 0 amide bonds. The highest BCUT2D eigenvalue weighted by molar-refractivity contribution is 6.83. The molecule has 0 N–H and O–H groups in total. The maximum Gasteiger partial charge on any atom is 0.343 e. The van der Waals surface area contributed by atoms with Gasteiger partial charge in [0.05, 0.1) is 12.7 Å². The molecule has 2 rings (SSSR count). The van der Waals surface area contributed by atoms with Gasteiger partial charge in [-0.25, -0.2) is 4.79 Å². The Hall–Kier alpha value is -2.51. The van der Waals surface area contributed by atoms with Crippen LogP contribution in [0.4, 0.5) is 0 Å². The Morgan fingerprint density at radius 3 is 2.30 bits per heavy atom. The molecule has 0 aromatic heterocycles. The first-order valence-electron chi connectivity index (χ1n) is 7.37. The number of methoxy groups -OCH3 is 1. The van der Waals surface area contributed by atoms with Crippen LogP contribution in [0.25, 0.3) is 0 Å². The molecule has 2 aromatic carbocycles. The molecule has 0 bridgehead atoms. The van der Waals surface area contributed by atoms with Gasteiger partial charge in [0, 0.05) is 5.56 Å². The highest BCUT2D eigenvalue weighted by atomic mass is 28.3. The van der Waals surface area contributed by atoms with Gasteiger partial charge >= 0.3 is 5.97 Å². The van der Waals surface area contributed by atoms with E-state index in [1.54, 1.807) is 43.5 Å². The summed E-state index contributed by atoms with van der Waals surface area (Å²) in [4.78, 5) is 12.1. The third-order valence-electron chi connectivity index (χ3n) is 2.95. The number of benzene rings is 2. The quantitative estimate of drug-likeness (QED) is 0.368. The fraction of sp³-hybridized carbons (Fsp3) is 0.211. The zero-order valence-electron chi connectivity index (χ0n) is 13.8. The standard InChI is InChI=1S/C19H20O3Si/c1-21-18-7-5-6-16(14-18)19(20)22-17-10-8-15(9-11-17)12-13-23(2,3)4/h5-11,14H,1-4H3. The van der Waals surface area contributed by atoms with Crippen LogP contribution in [-0.4, -0.2) is 21.2 Å². The van der Waals surface area contributed by atoms with Gasteiger partial charge in [-0.15, -0.1) is 5.54 Å². The molecule has 0 spiro atoms. The SMILES string of the molecule is COc1cccc(C(=O)Oc2ccc(C#C[Si](C)(C)C)cc2)c1. The normalized spacial score (nSPS) is 10.4. The van der Waals surface area contributed by atoms with E-state index in [0.29, 0.717) is 17.1 Å². The van der Waals surface area contributed by atoms with Crippen molar-refractivity contribution in [3.8, 4) is 23.0 Å². The Balaban J connectivity index is 2.08. The highest BCUT2D eigenvalue weighted by Crippen LogP contribution is 2.17. The van der Waals surface area contributed by atoms with Crippen molar-refractivity contribution in [1.29, 1.82) is 0 Å². The number of hydrogen-bond acceptors (Lipinski definition) is 3. The second-order valence-electron chi connectivity index (χ2n) is 6.15. The number of ether oxygens (including phenoxy) is 2. The Labute approximate surface area is 138 Å². The van der Waals surface area contributed by atoms with Crippen molar-refractivity contribution in [3.05, 3.63) is 59.7 Å². The van der Waals surface area contributed by atoms with Gasteiger partial charge in [0.15, 0.2) is 0 Å². The van der Waals surface area contributed by atoms with Gasteiger partial charge in [-0.1, -0.05) is 31.6 Å². The van der Waals surface area contributed by atoms with Crippen molar-refractivity contribution in [3.63, 3.8) is 0 Å². The van der Waals surface area contributed by atoms with Crippen LogP contribution in [0, 0.1) is 11.5 Å². The summed E-state index contributed by atoms with van der Waals surface area (Å²) < 4.78 is 10.5. The fourth-order valence-corrected chi connectivity index (χ4v) is 2.30. The van der Waals surface area contributed by atoms with E-state index < -0.39 is 14.0 Å². The van der Waals surface area contributed by atoms with Gasteiger partial charge in [0.25, 0.3) is 0 Å². The lowest BCUT2D eigenvalue weighted by Gasteiger charge is -2.06. The van der Waals surface area contributed by atoms with Crippen molar-refractivity contribution in [2.75, 3.05) is 7.11 Å². The lowest BCUT2D eigenvalue weighted by Crippen LogP contribution is -2.16. The maximum absolute atomic E-state index is 12.1. The molecule has 0 saturated heterocycles. The summed E-state index contributed by atoms with van der Waals surface area (Å²) in [5.41, 5.74) is 4.68. The van der Waals surface area contributed by atoms with Gasteiger partial charge < -0.3 is 9.47 Å². The second-order valence-corrected chi connectivity index (χ2v) is 10.9. The minimum atomic E-state index is -1.39. The molecule has 0 radical (unpaired) electrons. The van der Waals surface area contributed by atoms with E-state index in [2.05, 4.69) is 31.1 Å². The summed E-state index contributed by atoms with van der Waals surface area (Å²) >= 11 is 0. The number of esters is 1. The molecule has 0 heterocycles. The van der Waals surface area contributed by atoms with Gasteiger partial charge in [-0.3, -0.25) is 0 Å². The Morgan fingerprint density at radius 2 is 1.70 bits per heavy atom. The average molecular weight is 324 g/mol. The van der Waals surface area contributed by atoms with Crippen molar-refractivity contribution in [1.82, 2.24) is 0 Å². The minimum absolute atomic E-state index is 0.412. The van der Waals surface area contributed by atoms with Crippen LogP contribution in [0.2, 0.25) is 19.6 Å². The first-order valence-corrected chi connectivity index (χ1v) is 10.9. The smallest absolute Gasteiger partial charge is 0.343 e. The summed E-state index contributed by atoms with van der Waals surface area (Å²) in [5, 5.41) is 0. The lowest BCUT2D eigenvalue weighted by molar-refractivity contribution is 0.0734. The summed E-state index contributed by atoms with van der Waals surface area (Å²) in [7, 11) is 0.169. The molecule has 0 aliphatic carbocycles. The predicted octanol–water partition coefficient (Wildman–Crippen LogP) is 4.14. The summed E-state index contributed by atoms with van der Waals surface area (Å²) in [5.74, 6) is 3.87. The molecule has 4 heteroatoms. The molecule has 0 aliphatic heterocycles. The molecule has 0 unspecified atom stereocenters. The van der Waals surface area contributed by atoms with Crippen molar-refractivity contribution in [2.45, 2.75) is 19.6 Å². The molecular weight excluding hydrogens is 304 g/mol. The van der Waals surface area contributed by atoms with Crippen LogP contribution in [0.15, 0.2) is 48.5 Å². The van der Waals surface area contributed by atoms with Gasteiger partial charge in [-0.05, 0) is 42.5 Å². The molecule has 3 nitrogen and oxygen atoms in total. The zero-order valence-corrected chi connectivity index (χ0v) is 14.8. The van der Waals surface area contributed by atoms with E-state index in [-0.39, 0.29) is 0 Å². The number of carbonyl (C=O) groups excluding carboxylic acids is 1. The van der Waals surface area contributed by atoms with E-state index in [1.165, 1.54) is 0 Å². The summed E-state index contributed by atoms with van der Waals surface area (Å²) in [6.45, 7) is 6.60. The minimum Gasteiger partial charge on any atom is -0.497 e. The van der Waals surface area contributed by atoms with E-state index in [9.17, 15) is 4.79 Å². The zero-order chi connectivity index (χ0) is 16.9. The van der Waals surface area contributed by atoms with Crippen molar-refractivity contribution < 1.29 is 14.3 Å². The van der Waals surface area contributed by atoms with Crippen LogP contribution < -0.4 is 9.47 Å². The Kier molecular flexibility index (Phi) is 5.25. The largest absolute Gasteiger partial charge is 0.497 e. The fourth-order valence-electron chi connectivity index (χ4n) is 1.78. The number of hydrogen-bond donors (Lipinski definition) is 0. The topological polar surface area (TPSA) is 35.5 Å². The molecule has 2 aromatic rings.